The third-order valence-electron chi connectivity index (χ3n) is 3.21. The number of aromatic hydroxyl groups is 1. The minimum atomic E-state index is -2.79. The van der Waals surface area contributed by atoms with E-state index in [0.717, 1.165) is 25.1 Å². The molecule has 0 spiro atoms. The van der Waals surface area contributed by atoms with E-state index >= 15 is 0 Å². The molecule has 0 bridgehead atoms. The summed E-state index contributed by atoms with van der Waals surface area (Å²) in [7, 11) is -2.79. The maximum atomic E-state index is 14.0. The molecule has 0 fully saturated rings. The number of hydrogen-bond donors (Lipinski definition) is 3. The zero-order valence-electron chi connectivity index (χ0n) is 13.3. The summed E-state index contributed by atoms with van der Waals surface area (Å²) in [6.45, 7) is 1.12. The van der Waals surface area contributed by atoms with Gasteiger partial charge in [-0.1, -0.05) is 15.9 Å². The van der Waals surface area contributed by atoms with Gasteiger partial charge in [-0.2, -0.15) is 0 Å². The average Bonchev–Trinajstić information content (AvgIpc) is 2.86. The Morgan fingerprint density at radius 3 is 2.73 bits per heavy atom. The van der Waals surface area contributed by atoms with Crippen molar-refractivity contribution in [2.45, 2.75) is 18.2 Å². The van der Waals surface area contributed by atoms with Crippen LogP contribution < -0.4 is 9.46 Å². The third kappa shape index (κ3) is 4.80. The first-order valence-corrected chi connectivity index (χ1v) is 9.31. The van der Waals surface area contributed by atoms with Crippen LogP contribution in [-0.4, -0.2) is 26.0 Å². The molecule has 0 amide bonds. The summed E-state index contributed by atoms with van der Waals surface area (Å²) in [5.41, 5.74) is -0.359. The van der Waals surface area contributed by atoms with Gasteiger partial charge in [0, 0.05) is 13.5 Å². The quantitative estimate of drug-likeness (QED) is 0.338. The molecule has 26 heavy (non-hydrogen) atoms. The number of thiol groups is 1. The average molecular weight is 454 g/mol. The number of alkyl halides is 1. The molecule has 2 aromatic rings. The number of furan rings is 1. The van der Waals surface area contributed by atoms with Crippen LogP contribution in [-0.2, 0) is 15.7 Å². The zero-order chi connectivity index (χ0) is 19.4. The van der Waals surface area contributed by atoms with E-state index in [1.807, 2.05) is 0 Å². The molecule has 142 valence electrons. The van der Waals surface area contributed by atoms with Gasteiger partial charge in [-0.05, 0) is 24.6 Å². The van der Waals surface area contributed by atoms with Crippen LogP contribution in [0.15, 0.2) is 22.6 Å². The Bertz CT molecular complexity index is 891. The van der Waals surface area contributed by atoms with Crippen molar-refractivity contribution in [2.24, 2.45) is 0 Å². The summed E-state index contributed by atoms with van der Waals surface area (Å²) >= 11 is 3.23. The zero-order valence-corrected chi connectivity index (χ0v) is 15.8. The summed E-state index contributed by atoms with van der Waals surface area (Å²) in [5, 5.41) is 10.3. The van der Waals surface area contributed by atoms with Crippen molar-refractivity contribution >= 4 is 32.8 Å². The lowest BCUT2D eigenvalue weighted by Gasteiger charge is -2.08. The highest BCUT2D eigenvalue weighted by Gasteiger charge is 2.29. The van der Waals surface area contributed by atoms with Gasteiger partial charge in [-0.25, -0.2) is 21.9 Å². The molecule has 1 aromatic carbocycles. The summed E-state index contributed by atoms with van der Waals surface area (Å²) in [6.07, 6.45) is 0.162. The third-order valence-corrected chi connectivity index (χ3v) is 4.56. The molecular formula is C15H14BrF2NO6S. The second-order valence-corrected chi connectivity index (χ2v) is 7.05. The fraction of sp³-hybridized carbons (Fsp3) is 0.267. The van der Waals surface area contributed by atoms with E-state index < -0.39 is 44.8 Å². The number of esters is 1. The number of halogens is 3. The fourth-order valence-corrected chi connectivity index (χ4v) is 2.98. The lowest BCUT2D eigenvalue weighted by molar-refractivity contribution is -0.132. The standard InChI is InChI=1S/C15H14BrF2NO6S/c1-7(20)24-15-12(21)13(9-6-8(17)2-3-11(9)18)25-14(15)10(16)4-5-19-26(22)23/h2-3,6,10,21,26H,4-5H2,1H3,(H,19,22,23). The highest BCUT2D eigenvalue weighted by molar-refractivity contribution is 9.09. The second-order valence-electron chi connectivity index (χ2n) is 5.11. The first-order chi connectivity index (χ1) is 12.2. The molecule has 1 atom stereocenters. The van der Waals surface area contributed by atoms with E-state index in [1.54, 1.807) is 0 Å². The summed E-state index contributed by atoms with van der Waals surface area (Å²) in [5.74, 6) is -3.90. The smallest absolute Gasteiger partial charge is 0.308 e. The number of carbonyl (C=O) groups excluding carboxylic acids is 1. The minimum absolute atomic E-state index is 0.0270. The number of rotatable bonds is 7. The van der Waals surface area contributed by atoms with Crippen LogP contribution >= 0.6 is 15.9 Å². The highest BCUT2D eigenvalue weighted by Crippen LogP contribution is 2.48. The molecule has 0 aliphatic rings. The first-order valence-electron chi connectivity index (χ1n) is 7.22. The van der Waals surface area contributed by atoms with Gasteiger partial charge in [0.15, 0.2) is 11.5 Å². The molecule has 0 aliphatic heterocycles. The predicted octanol–water partition coefficient (Wildman–Crippen LogP) is 2.80. The maximum Gasteiger partial charge on any atom is 0.308 e. The summed E-state index contributed by atoms with van der Waals surface area (Å²) in [6, 6.07) is 2.58. The Labute approximate surface area is 157 Å². The Kier molecular flexibility index (Phi) is 6.73. The van der Waals surface area contributed by atoms with E-state index in [4.69, 9.17) is 9.15 Å². The van der Waals surface area contributed by atoms with Crippen LogP contribution in [0.2, 0.25) is 0 Å². The molecule has 0 saturated heterocycles. The minimum Gasteiger partial charge on any atom is -0.502 e. The van der Waals surface area contributed by atoms with Crippen LogP contribution in [0, 0.1) is 11.6 Å². The van der Waals surface area contributed by atoms with E-state index in [0.29, 0.717) is 0 Å². The lowest BCUT2D eigenvalue weighted by atomic mass is 10.1. The molecule has 11 heteroatoms. The molecule has 1 aromatic heterocycles. The van der Waals surface area contributed by atoms with Crippen LogP contribution in [0.5, 0.6) is 11.5 Å². The van der Waals surface area contributed by atoms with Gasteiger partial charge in [0.05, 0.1) is 10.4 Å². The Morgan fingerprint density at radius 2 is 2.12 bits per heavy atom. The van der Waals surface area contributed by atoms with Crippen molar-refractivity contribution in [3.05, 3.63) is 35.6 Å². The molecule has 2 N–H and O–H groups in total. The van der Waals surface area contributed by atoms with Gasteiger partial charge < -0.3 is 14.3 Å². The molecule has 0 aliphatic carbocycles. The van der Waals surface area contributed by atoms with Gasteiger partial charge >= 0.3 is 5.97 Å². The number of ether oxygens (including phenoxy) is 1. The number of benzene rings is 1. The van der Waals surface area contributed by atoms with Crippen LogP contribution in [0.3, 0.4) is 0 Å². The van der Waals surface area contributed by atoms with Gasteiger partial charge in [0.25, 0.3) is 0 Å². The summed E-state index contributed by atoms with van der Waals surface area (Å²) < 4.78 is 61.1. The number of nitrogens with one attached hydrogen (secondary N) is 1. The molecular weight excluding hydrogens is 440 g/mol. The largest absolute Gasteiger partial charge is 0.502 e. The summed E-state index contributed by atoms with van der Waals surface area (Å²) in [4.78, 5) is 10.6. The van der Waals surface area contributed by atoms with Gasteiger partial charge in [-0.3, -0.25) is 4.79 Å². The van der Waals surface area contributed by atoms with Crippen molar-refractivity contribution in [3.8, 4) is 22.8 Å². The number of hydrogen-bond acceptors (Lipinski definition) is 6. The van der Waals surface area contributed by atoms with E-state index in [9.17, 15) is 27.1 Å². The van der Waals surface area contributed by atoms with Gasteiger partial charge in [0.2, 0.25) is 22.4 Å². The Morgan fingerprint density at radius 1 is 1.42 bits per heavy atom. The Balaban J connectivity index is 2.46. The van der Waals surface area contributed by atoms with Crippen molar-refractivity contribution in [3.63, 3.8) is 0 Å². The normalized spacial score (nSPS) is 12.3. The monoisotopic (exact) mass is 453 g/mol. The van der Waals surface area contributed by atoms with Gasteiger partial charge in [0.1, 0.15) is 11.6 Å². The second kappa shape index (κ2) is 8.60. The van der Waals surface area contributed by atoms with Crippen molar-refractivity contribution in [1.82, 2.24) is 4.72 Å². The molecule has 0 saturated carbocycles. The Hall–Kier alpha value is -1.98. The van der Waals surface area contributed by atoms with Crippen molar-refractivity contribution in [2.75, 3.05) is 6.54 Å². The fourth-order valence-electron chi connectivity index (χ4n) is 2.14. The van der Waals surface area contributed by atoms with Crippen LogP contribution in [0.1, 0.15) is 23.9 Å². The predicted molar refractivity (Wildman–Crippen MR) is 91.6 cm³/mol. The highest BCUT2D eigenvalue weighted by atomic mass is 79.9. The molecule has 2 rings (SSSR count). The molecule has 7 nitrogen and oxygen atoms in total. The topological polar surface area (TPSA) is 106 Å². The van der Waals surface area contributed by atoms with E-state index in [-0.39, 0.29) is 30.0 Å². The van der Waals surface area contributed by atoms with E-state index in [2.05, 4.69) is 20.7 Å². The molecule has 1 unspecified atom stereocenters. The van der Waals surface area contributed by atoms with Crippen molar-refractivity contribution in [1.29, 1.82) is 0 Å². The van der Waals surface area contributed by atoms with Crippen LogP contribution in [0.4, 0.5) is 8.78 Å². The first kappa shape index (κ1) is 20.3. The molecule has 1 heterocycles. The number of carbonyl (C=O) groups is 1. The van der Waals surface area contributed by atoms with Gasteiger partial charge in [-0.15, -0.1) is 0 Å². The van der Waals surface area contributed by atoms with Crippen molar-refractivity contribution < 1.29 is 36.3 Å². The molecule has 0 radical (unpaired) electrons. The SMILES string of the molecule is CC(=O)Oc1c(C(Br)CCN[SH](=O)=O)oc(-c2cc(F)ccc2F)c1O. The lowest BCUT2D eigenvalue weighted by Crippen LogP contribution is -2.14. The van der Waals surface area contributed by atoms with Crippen LogP contribution in [0.25, 0.3) is 11.3 Å². The van der Waals surface area contributed by atoms with E-state index in [1.165, 1.54) is 0 Å². The maximum absolute atomic E-state index is 14.0.